The van der Waals surface area contributed by atoms with Crippen LogP contribution in [0.25, 0.3) is 5.69 Å². The van der Waals surface area contributed by atoms with Crippen LogP contribution in [0.2, 0.25) is 0 Å². The summed E-state index contributed by atoms with van der Waals surface area (Å²) >= 11 is 0. The average Bonchev–Trinajstić information content (AvgIpc) is 2.28. The molecule has 0 amide bonds. The van der Waals surface area contributed by atoms with E-state index >= 15 is 0 Å². The molecule has 1 N–H and O–H groups in total. The van der Waals surface area contributed by atoms with Gasteiger partial charge in [-0.2, -0.15) is 9.78 Å². The van der Waals surface area contributed by atoms with Gasteiger partial charge in [0, 0.05) is 6.07 Å². The number of nitrogens with zero attached hydrogens (tertiary/aromatic N) is 2. The van der Waals surface area contributed by atoms with Crippen LogP contribution < -0.4 is 10.3 Å². The molecule has 100 valence electrons. The van der Waals surface area contributed by atoms with Gasteiger partial charge in [0.05, 0.1) is 11.9 Å². The molecule has 1 aromatic carbocycles. The molecule has 8 heteroatoms. The highest BCUT2D eigenvalue weighted by Gasteiger charge is 2.30. The molecule has 0 bridgehead atoms. The second kappa shape index (κ2) is 4.63. The Balaban J connectivity index is 2.30. The molecule has 0 unspecified atom stereocenters. The second-order valence-corrected chi connectivity index (χ2v) is 3.51. The number of alkyl halides is 3. The fraction of sp³-hybridized carbons (Fsp3) is 0.0909. The third kappa shape index (κ3) is 3.24. The monoisotopic (exact) mass is 272 g/mol. The summed E-state index contributed by atoms with van der Waals surface area (Å²) in [6, 6.07) is 5.54. The minimum atomic E-state index is -4.77. The number of halogens is 3. The first-order chi connectivity index (χ1) is 8.85. The number of hydrogen-bond donors (Lipinski definition) is 1. The largest absolute Gasteiger partial charge is 0.573 e. The van der Waals surface area contributed by atoms with Gasteiger partial charge in [-0.15, -0.1) is 13.2 Å². The predicted molar refractivity (Wildman–Crippen MR) is 58.2 cm³/mol. The molecule has 2 aromatic rings. The molecule has 0 fully saturated rings. The van der Waals surface area contributed by atoms with Crippen LogP contribution in [0.1, 0.15) is 0 Å². The maximum absolute atomic E-state index is 12.0. The molecule has 19 heavy (non-hydrogen) atoms. The maximum atomic E-state index is 12.0. The zero-order valence-electron chi connectivity index (χ0n) is 9.26. The molecule has 0 aliphatic carbocycles. The third-order valence-electron chi connectivity index (χ3n) is 2.10. The molecular weight excluding hydrogens is 265 g/mol. The van der Waals surface area contributed by atoms with Crippen molar-refractivity contribution in [2.24, 2.45) is 0 Å². The van der Waals surface area contributed by atoms with Crippen molar-refractivity contribution in [1.29, 1.82) is 0 Å². The minimum absolute atomic E-state index is 0.250. The van der Waals surface area contributed by atoms with Gasteiger partial charge in [-0.05, 0) is 24.3 Å². The van der Waals surface area contributed by atoms with E-state index in [0.29, 0.717) is 0 Å². The van der Waals surface area contributed by atoms with Gasteiger partial charge in [0.1, 0.15) is 11.5 Å². The molecule has 0 saturated heterocycles. The van der Waals surface area contributed by atoms with Crippen molar-refractivity contribution in [2.75, 3.05) is 0 Å². The number of hydrogen-bond acceptors (Lipinski definition) is 4. The standard InChI is InChI=1S/C11H7F3N2O3/c12-11(13,14)19-9-3-1-7(2-4-9)16-10(18)5-8(17)6-15-16/h1-6,17H. The highest BCUT2D eigenvalue weighted by molar-refractivity contribution is 5.37. The van der Waals surface area contributed by atoms with E-state index in [4.69, 9.17) is 5.11 Å². The lowest BCUT2D eigenvalue weighted by Crippen LogP contribution is -2.19. The Hall–Kier alpha value is -2.51. The summed E-state index contributed by atoms with van der Waals surface area (Å²) in [7, 11) is 0. The number of rotatable bonds is 2. The molecule has 0 radical (unpaired) electrons. The smallest absolute Gasteiger partial charge is 0.506 e. The van der Waals surface area contributed by atoms with Crippen LogP contribution in [-0.4, -0.2) is 21.2 Å². The van der Waals surface area contributed by atoms with Gasteiger partial charge in [-0.3, -0.25) is 4.79 Å². The Morgan fingerprint density at radius 1 is 1.21 bits per heavy atom. The van der Waals surface area contributed by atoms with Crippen molar-refractivity contribution in [3.8, 4) is 17.2 Å². The van der Waals surface area contributed by atoms with Gasteiger partial charge in [-0.1, -0.05) is 0 Å². The van der Waals surface area contributed by atoms with Crippen molar-refractivity contribution >= 4 is 0 Å². The third-order valence-corrected chi connectivity index (χ3v) is 2.10. The van der Waals surface area contributed by atoms with Crippen LogP contribution in [0.15, 0.2) is 41.3 Å². The number of benzene rings is 1. The van der Waals surface area contributed by atoms with E-state index < -0.39 is 17.7 Å². The molecule has 1 heterocycles. The van der Waals surface area contributed by atoms with Crippen molar-refractivity contribution in [3.05, 3.63) is 46.9 Å². The van der Waals surface area contributed by atoms with E-state index in [1.54, 1.807) is 0 Å². The van der Waals surface area contributed by atoms with E-state index in [1.165, 1.54) is 12.1 Å². The first kappa shape index (κ1) is 12.9. The average molecular weight is 272 g/mol. The van der Waals surface area contributed by atoms with Crippen LogP contribution in [-0.2, 0) is 0 Å². The Morgan fingerprint density at radius 2 is 1.84 bits per heavy atom. The molecule has 0 saturated carbocycles. The SMILES string of the molecule is O=c1cc(O)cnn1-c1ccc(OC(F)(F)F)cc1. The number of ether oxygens (including phenoxy) is 1. The molecule has 2 rings (SSSR count). The second-order valence-electron chi connectivity index (χ2n) is 3.51. The molecular formula is C11H7F3N2O3. The molecule has 0 atom stereocenters. The lowest BCUT2D eigenvalue weighted by atomic mass is 10.3. The summed E-state index contributed by atoms with van der Waals surface area (Å²) in [6.45, 7) is 0. The highest BCUT2D eigenvalue weighted by Crippen LogP contribution is 2.23. The lowest BCUT2D eigenvalue weighted by Gasteiger charge is -2.09. The van der Waals surface area contributed by atoms with Crippen molar-refractivity contribution in [1.82, 2.24) is 9.78 Å². The number of aromatic hydroxyl groups is 1. The first-order valence-electron chi connectivity index (χ1n) is 5.00. The van der Waals surface area contributed by atoms with Crippen LogP contribution in [0, 0.1) is 0 Å². The van der Waals surface area contributed by atoms with Crippen molar-refractivity contribution in [2.45, 2.75) is 6.36 Å². The Bertz CT molecular complexity index is 635. The summed E-state index contributed by atoms with van der Waals surface area (Å²) in [5.41, 5.74) is -0.357. The van der Waals surface area contributed by atoms with E-state index in [1.807, 2.05) is 0 Å². The minimum Gasteiger partial charge on any atom is -0.506 e. The van der Waals surface area contributed by atoms with Crippen molar-refractivity contribution < 1.29 is 23.0 Å². The maximum Gasteiger partial charge on any atom is 0.573 e. The van der Waals surface area contributed by atoms with E-state index in [9.17, 15) is 18.0 Å². The summed E-state index contributed by atoms with van der Waals surface area (Å²) < 4.78 is 40.5. The summed E-state index contributed by atoms with van der Waals surface area (Å²) in [5.74, 6) is -0.693. The molecule has 0 spiro atoms. The van der Waals surface area contributed by atoms with Gasteiger partial charge < -0.3 is 9.84 Å². The summed E-state index contributed by atoms with van der Waals surface area (Å²) in [6.07, 6.45) is -3.73. The van der Waals surface area contributed by atoms with Crippen LogP contribution >= 0.6 is 0 Å². The van der Waals surface area contributed by atoms with Crippen LogP contribution in [0.3, 0.4) is 0 Å². The molecule has 1 aromatic heterocycles. The zero-order valence-corrected chi connectivity index (χ0v) is 9.26. The molecule has 0 aliphatic heterocycles. The summed E-state index contributed by atoms with van der Waals surface area (Å²) in [4.78, 5) is 11.5. The fourth-order valence-electron chi connectivity index (χ4n) is 1.38. The fourth-order valence-corrected chi connectivity index (χ4v) is 1.38. The van der Waals surface area contributed by atoms with E-state index in [0.717, 1.165) is 29.1 Å². The Morgan fingerprint density at radius 3 is 2.37 bits per heavy atom. The van der Waals surface area contributed by atoms with Gasteiger partial charge in [0.25, 0.3) is 5.56 Å². The number of aromatic nitrogens is 2. The normalized spacial score (nSPS) is 11.3. The van der Waals surface area contributed by atoms with Crippen LogP contribution in [0.4, 0.5) is 13.2 Å². The molecule has 0 aliphatic rings. The van der Waals surface area contributed by atoms with Crippen LogP contribution in [0.5, 0.6) is 11.5 Å². The zero-order chi connectivity index (χ0) is 14.0. The van der Waals surface area contributed by atoms with Gasteiger partial charge in [-0.25, -0.2) is 0 Å². The topological polar surface area (TPSA) is 64.3 Å². The molecule has 5 nitrogen and oxygen atoms in total. The van der Waals surface area contributed by atoms with Gasteiger partial charge >= 0.3 is 6.36 Å². The van der Waals surface area contributed by atoms with E-state index in [-0.39, 0.29) is 11.4 Å². The predicted octanol–water partition coefficient (Wildman–Crippen LogP) is 1.84. The van der Waals surface area contributed by atoms with Gasteiger partial charge in [0.2, 0.25) is 0 Å². The highest BCUT2D eigenvalue weighted by atomic mass is 19.4. The first-order valence-corrected chi connectivity index (χ1v) is 5.00. The lowest BCUT2D eigenvalue weighted by molar-refractivity contribution is -0.274. The van der Waals surface area contributed by atoms with Gasteiger partial charge in [0.15, 0.2) is 0 Å². The van der Waals surface area contributed by atoms with Crippen molar-refractivity contribution in [3.63, 3.8) is 0 Å². The summed E-state index contributed by atoms with van der Waals surface area (Å²) in [5, 5.41) is 12.7. The van der Waals surface area contributed by atoms with E-state index in [2.05, 4.69) is 9.84 Å². The quantitative estimate of drug-likeness (QED) is 0.906. The Kier molecular flexibility index (Phi) is 3.16. The Labute approximate surface area is 104 Å².